The van der Waals surface area contributed by atoms with E-state index in [1.807, 2.05) is 0 Å². The highest BCUT2D eigenvalue weighted by Crippen LogP contribution is 2.07. The number of amides is 2. The second-order valence-corrected chi connectivity index (χ2v) is 4.66. The number of benzene rings is 1. The Morgan fingerprint density at radius 2 is 1.85 bits per heavy atom. The monoisotopic (exact) mass is 278 g/mol. The second kappa shape index (κ2) is 6.55. The van der Waals surface area contributed by atoms with Crippen molar-refractivity contribution in [3.63, 3.8) is 0 Å². The Balaban J connectivity index is 2.95. The molecule has 2 amide bonds. The molecule has 0 aliphatic rings. The zero-order valence-electron chi connectivity index (χ0n) is 11.3. The first kappa shape index (κ1) is 15.5. The van der Waals surface area contributed by atoms with E-state index in [0.717, 1.165) is 0 Å². The molecule has 0 aliphatic carbocycles. The Bertz CT molecular complexity index is 540. The molecule has 20 heavy (non-hydrogen) atoms. The van der Waals surface area contributed by atoms with Gasteiger partial charge in [0.25, 0.3) is 5.91 Å². The zero-order chi connectivity index (χ0) is 15.3. The summed E-state index contributed by atoms with van der Waals surface area (Å²) in [5, 5.41) is 14.0. The number of carbonyl (C=O) groups is 2. The lowest BCUT2D eigenvalue weighted by Gasteiger charge is -2.19. The highest BCUT2D eigenvalue weighted by atomic mass is 16.4. The van der Waals surface area contributed by atoms with E-state index < -0.39 is 17.9 Å². The Morgan fingerprint density at radius 3 is 2.35 bits per heavy atom. The molecule has 0 bridgehead atoms. The summed E-state index contributed by atoms with van der Waals surface area (Å²) < 4.78 is 0. The number of hydrogen-bond acceptors (Lipinski definition) is 4. The number of hydrogen-bond donors (Lipinski definition) is 4. The smallest absolute Gasteiger partial charge is 0.251 e. The average molecular weight is 278 g/mol. The Morgan fingerprint density at radius 1 is 1.25 bits per heavy atom. The van der Waals surface area contributed by atoms with Crippen LogP contribution in [0.4, 0.5) is 0 Å². The summed E-state index contributed by atoms with van der Waals surface area (Å²) in [6.45, 7) is 3.56. The van der Waals surface area contributed by atoms with Crippen LogP contribution in [0.3, 0.4) is 0 Å². The van der Waals surface area contributed by atoms with Crippen LogP contribution in [0.5, 0.6) is 0 Å². The third kappa shape index (κ3) is 3.71. The van der Waals surface area contributed by atoms with E-state index in [2.05, 4.69) is 10.5 Å². The molecule has 0 aliphatic heterocycles. The third-order valence-corrected chi connectivity index (χ3v) is 2.79. The van der Waals surface area contributed by atoms with E-state index >= 15 is 0 Å². The van der Waals surface area contributed by atoms with E-state index in [-0.39, 0.29) is 11.8 Å². The molecule has 0 heterocycles. The van der Waals surface area contributed by atoms with Crippen LogP contribution in [-0.4, -0.2) is 28.9 Å². The summed E-state index contributed by atoms with van der Waals surface area (Å²) in [6, 6.07) is 5.46. The molecule has 7 nitrogen and oxygen atoms in total. The maximum Gasteiger partial charge on any atom is 0.251 e. The Kier molecular flexibility index (Phi) is 5.08. The van der Waals surface area contributed by atoms with Gasteiger partial charge in [-0.1, -0.05) is 31.1 Å². The molecule has 0 spiro atoms. The Labute approximate surface area is 116 Å². The summed E-state index contributed by atoms with van der Waals surface area (Å²) in [6.07, 6.45) is 0. The summed E-state index contributed by atoms with van der Waals surface area (Å²) in [5.74, 6) is -1.27. The summed E-state index contributed by atoms with van der Waals surface area (Å²) in [4.78, 5) is 23.3. The maximum absolute atomic E-state index is 12.1. The molecule has 1 atom stereocenters. The van der Waals surface area contributed by atoms with Crippen LogP contribution in [0.2, 0.25) is 0 Å². The van der Waals surface area contributed by atoms with Crippen LogP contribution in [0.25, 0.3) is 0 Å². The molecule has 108 valence electrons. The summed E-state index contributed by atoms with van der Waals surface area (Å²) in [5.41, 5.74) is 11.4. The number of nitrogens with one attached hydrogen (secondary N) is 1. The molecular formula is C13H18N4O3. The van der Waals surface area contributed by atoms with Crippen molar-refractivity contribution in [2.24, 2.45) is 22.5 Å². The molecule has 0 aromatic heterocycles. The first-order valence-corrected chi connectivity index (χ1v) is 6.05. The van der Waals surface area contributed by atoms with E-state index in [9.17, 15) is 9.59 Å². The number of amidine groups is 1. The molecule has 0 radical (unpaired) electrons. The van der Waals surface area contributed by atoms with Crippen molar-refractivity contribution in [2.45, 2.75) is 19.9 Å². The fraction of sp³-hybridized carbons (Fsp3) is 0.308. The van der Waals surface area contributed by atoms with Crippen LogP contribution in [-0.2, 0) is 4.79 Å². The normalized spacial score (nSPS) is 13.1. The lowest BCUT2D eigenvalue weighted by Crippen LogP contribution is -2.47. The van der Waals surface area contributed by atoms with Crippen LogP contribution in [0.15, 0.2) is 29.4 Å². The van der Waals surface area contributed by atoms with Crippen LogP contribution in [0.1, 0.15) is 29.8 Å². The van der Waals surface area contributed by atoms with Gasteiger partial charge in [0.1, 0.15) is 6.04 Å². The minimum atomic E-state index is -0.755. The number of rotatable bonds is 5. The van der Waals surface area contributed by atoms with Gasteiger partial charge in [0.15, 0.2) is 5.84 Å². The van der Waals surface area contributed by atoms with Gasteiger partial charge in [0.2, 0.25) is 5.91 Å². The average Bonchev–Trinajstić information content (AvgIpc) is 2.42. The molecule has 6 N–H and O–H groups in total. The largest absolute Gasteiger partial charge is 0.409 e. The van der Waals surface area contributed by atoms with Gasteiger partial charge in [-0.05, 0) is 18.1 Å². The van der Waals surface area contributed by atoms with Gasteiger partial charge in [-0.25, -0.2) is 0 Å². The zero-order valence-corrected chi connectivity index (χ0v) is 11.3. The molecule has 0 saturated heterocycles. The van der Waals surface area contributed by atoms with Gasteiger partial charge >= 0.3 is 0 Å². The summed E-state index contributed by atoms with van der Waals surface area (Å²) >= 11 is 0. The van der Waals surface area contributed by atoms with Crippen molar-refractivity contribution >= 4 is 17.6 Å². The molecular weight excluding hydrogens is 260 g/mol. The molecule has 1 rings (SSSR count). The molecule has 1 aromatic carbocycles. The SMILES string of the molecule is CC(C)C(NC(=O)c1cccc(/C(N)=N/O)c1)C(N)=O. The number of primary amides is 1. The van der Waals surface area contributed by atoms with Gasteiger partial charge in [-0.3, -0.25) is 9.59 Å². The van der Waals surface area contributed by atoms with Gasteiger partial charge in [0.05, 0.1) is 0 Å². The first-order valence-electron chi connectivity index (χ1n) is 6.05. The van der Waals surface area contributed by atoms with Crippen molar-refractivity contribution in [2.75, 3.05) is 0 Å². The van der Waals surface area contributed by atoms with Crippen molar-refractivity contribution in [3.05, 3.63) is 35.4 Å². The van der Waals surface area contributed by atoms with Gasteiger partial charge in [0, 0.05) is 11.1 Å². The van der Waals surface area contributed by atoms with Gasteiger partial charge in [-0.2, -0.15) is 0 Å². The Hall–Kier alpha value is -2.57. The van der Waals surface area contributed by atoms with Crippen molar-refractivity contribution < 1.29 is 14.8 Å². The van der Waals surface area contributed by atoms with Gasteiger partial charge in [-0.15, -0.1) is 0 Å². The topological polar surface area (TPSA) is 131 Å². The van der Waals surface area contributed by atoms with Crippen LogP contribution in [0, 0.1) is 5.92 Å². The minimum Gasteiger partial charge on any atom is -0.409 e. The highest BCUT2D eigenvalue weighted by molar-refractivity contribution is 6.02. The predicted octanol–water partition coefficient (Wildman–Crippen LogP) is 0.0208. The van der Waals surface area contributed by atoms with Gasteiger partial charge < -0.3 is 22.0 Å². The molecule has 0 fully saturated rings. The number of nitrogens with zero attached hydrogens (tertiary/aromatic N) is 1. The molecule has 1 aromatic rings. The lowest BCUT2D eigenvalue weighted by atomic mass is 10.0. The fourth-order valence-electron chi connectivity index (χ4n) is 1.67. The first-order chi connectivity index (χ1) is 9.36. The second-order valence-electron chi connectivity index (χ2n) is 4.66. The number of oxime groups is 1. The number of carbonyl (C=O) groups excluding carboxylic acids is 2. The van der Waals surface area contributed by atoms with Crippen molar-refractivity contribution in [1.82, 2.24) is 5.32 Å². The highest BCUT2D eigenvalue weighted by Gasteiger charge is 2.22. The quantitative estimate of drug-likeness (QED) is 0.262. The standard InChI is InChI=1S/C13H18N4O3/c1-7(2)10(12(15)18)16-13(19)9-5-3-4-8(6-9)11(14)17-20/h3-7,10,20H,1-2H3,(H2,14,17)(H2,15,18)(H,16,19). The van der Waals surface area contributed by atoms with E-state index in [0.29, 0.717) is 11.1 Å². The van der Waals surface area contributed by atoms with Crippen LogP contribution >= 0.6 is 0 Å². The predicted molar refractivity (Wildman–Crippen MR) is 74.2 cm³/mol. The fourth-order valence-corrected chi connectivity index (χ4v) is 1.67. The molecule has 0 saturated carbocycles. The van der Waals surface area contributed by atoms with E-state index in [1.165, 1.54) is 6.07 Å². The third-order valence-electron chi connectivity index (χ3n) is 2.79. The minimum absolute atomic E-state index is 0.102. The van der Waals surface area contributed by atoms with Crippen molar-refractivity contribution in [1.29, 1.82) is 0 Å². The number of nitrogens with two attached hydrogens (primary N) is 2. The molecule has 7 heteroatoms. The van der Waals surface area contributed by atoms with E-state index in [4.69, 9.17) is 16.7 Å². The van der Waals surface area contributed by atoms with Crippen LogP contribution < -0.4 is 16.8 Å². The van der Waals surface area contributed by atoms with Crippen molar-refractivity contribution in [3.8, 4) is 0 Å². The lowest BCUT2D eigenvalue weighted by molar-refractivity contribution is -0.120. The maximum atomic E-state index is 12.1. The summed E-state index contributed by atoms with van der Waals surface area (Å²) in [7, 11) is 0. The molecule has 1 unspecified atom stereocenters. The van der Waals surface area contributed by atoms with E-state index in [1.54, 1.807) is 32.0 Å².